The van der Waals surface area contributed by atoms with Crippen molar-refractivity contribution in [2.45, 2.75) is 54.4 Å². The summed E-state index contributed by atoms with van der Waals surface area (Å²) in [7, 11) is 1.81. The molecule has 2 nitrogen and oxygen atoms in total. The Morgan fingerprint density at radius 2 is 1.40 bits per heavy atom. The standard InChI is InChI=1S/C22H28O2S/c1-21(2,3)17-5-9-19(10-6-17)25-20-11-7-18(8-12-20)22(23-4)13-15-24-16-14-22/h5-12H,13-16H2,1-4H3. The Hall–Kier alpha value is -1.29. The highest BCUT2D eigenvalue weighted by atomic mass is 32.2. The fraction of sp³-hybridized carbons (Fsp3) is 0.455. The number of hydrogen-bond acceptors (Lipinski definition) is 3. The summed E-state index contributed by atoms with van der Waals surface area (Å²) in [6, 6.07) is 17.7. The number of hydrogen-bond donors (Lipinski definition) is 0. The molecule has 0 atom stereocenters. The molecular formula is C22H28O2S. The molecule has 0 amide bonds. The molecule has 3 heteroatoms. The monoisotopic (exact) mass is 356 g/mol. The first-order valence-corrected chi connectivity index (χ1v) is 9.76. The number of methoxy groups -OCH3 is 1. The third-order valence-electron chi connectivity index (χ3n) is 5.03. The van der Waals surface area contributed by atoms with Crippen LogP contribution in [-0.4, -0.2) is 20.3 Å². The highest BCUT2D eigenvalue weighted by Gasteiger charge is 2.34. The van der Waals surface area contributed by atoms with E-state index in [9.17, 15) is 0 Å². The SMILES string of the molecule is COC1(c2ccc(Sc3ccc(C(C)(C)C)cc3)cc2)CCOCC1. The summed E-state index contributed by atoms with van der Waals surface area (Å²) in [5.74, 6) is 0. The molecule has 1 aliphatic heterocycles. The topological polar surface area (TPSA) is 18.5 Å². The van der Waals surface area contributed by atoms with Crippen LogP contribution in [0.25, 0.3) is 0 Å². The van der Waals surface area contributed by atoms with E-state index in [-0.39, 0.29) is 11.0 Å². The van der Waals surface area contributed by atoms with Gasteiger partial charge in [-0.15, -0.1) is 0 Å². The minimum Gasteiger partial charge on any atom is -0.381 e. The van der Waals surface area contributed by atoms with Crippen molar-refractivity contribution in [1.29, 1.82) is 0 Å². The normalized spacial score (nSPS) is 17.4. The Morgan fingerprint density at radius 3 is 1.88 bits per heavy atom. The first-order valence-electron chi connectivity index (χ1n) is 8.95. The van der Waals surface area contributed by atoms with E-state index in [0.717, 1.165) is 26.1 Å². The molecule has 1 aliphatic rings. The predicted molar refractivity (Wildman–Crippen MR) is 104 cm³/mol. The number of benzene rings is 2. The van der Waals surface area contributed by atoms with Crippen molar-refractivity contribution in [2.75, 3.05) is 20.3 Å². The molecule has 0 saturated carbocycles. The van der Waals surface area contributed by atoms with Gasteiger partial charge in [0, 0.05) is 43.0 Å². The van der Waals surface area contributed by atoms with E-state index in [1.807, 2.05) is 7.11 Å². The van der Waals surface area contributed by atoms with Crippen molar-refractivity contribution in [2.24, 2.45) is 0 Å². The van der Waals surface area contributed by atoms with Gasteiger partial charge in [0.1, 0.15) is 0 Å². The smallest absolute Gasteiger partial charge is 0.0971 e. The van der Waals surface area contributed by atoms with Gasteiger partial charge < -0.3 is 9.47 Å². The molecule has 1 heterocycles. The van der Waals surface area contributed by atoms with E-state index in [4.69, 9.17) is 9.47 Å². The summed E-state index contributed by atoms with van der Waals surface area (Å²) < 4.78 is 11.4. The van der Waals surface area contributed by atoms with Crippen molar-refractivity contribution in [3.05, 3.63) is 59.7 Å². The molecule has 2 aromatic carbocycles. The van der Waals surface area contributed by atoms with Gasteiger partial charge in [-0.3, -0.25) is 0 Å². The zero-order valence-electron chi connectivity index (χ0n) is 15.7. The van der Waals surface area contributed by atoms with Crippen molar-refractivity contribution >= 4 is 11.8 Å². The maximum absolute atomic E-state index is 5.88. The number of ether oxygens (including phenoxy) is 2. The summed E-state index contributed by atoms with van der Waals surface area (Å²) >= 11 is 1.80. The average Bonchev–Trinajstić information content (AvgIpc) is 2.62. The van der Waals surface area contributed by atoms with Crippen molar-refractivity contribution < 1.29 is 9.47 Å². The second-order valence-corrected chi connectivity index (χ2v) is 8.86. The lowest BCUT2D eigenvalue weighted by Gasteiger charge is -2.36. The van der Waals surface area contributed by atoms with Crippen LogP contribution in [-0.2, 0) is 20.5 Å². The molecule has 0 spiro atoms. The Morgan fingerprint density at radius 1 is 0.880 bits per heavy atom. The number of rotatable bonds is 4. The minimum absolute atomic E-state index is 0.185. The molecule has 3 rings (SSSR count). The van der Waals surface area contributed by atoms with Gasteiger partial charge in [-0.25, -0.2) is 0 Å². The highest BCUT2D eigenvalue weighted by molar-refractivity contribution is 7.99. The van der Waals surface area contributed by atoms with Crippen LogP contribution in [0.3, 0.4) is 0 Å². The second kappa shape index (κ2) is 7.53. The molecular weight excluding hydrogens is 328 g/mol. The Labute approximate surface area is 155 Å². The summed E-state index contributed by atoms with van der Waals surface area (Å²) in [6.07, 6.45) is 1.84. The average molecular weight is 357 g/mol. The van der Waals surface area contributed by atoms with Gasteiger partial charge in [-0.2, -0.15) is 0 Å². The van der Waals surface area contributed by atoms with Gasteiger partial charge >= 0.3 is 0 Å². The predicted octanol–water partition coefficient (Wildman–Crippen LogP) is 5.79. The Kier molecular flexibility index (Phi) is 5.57. The second-order valence-electron chi connectivity index (χ2n) is 7.71. The molecule has 1 fully saturated rings. The van der Waals surface area contributed by atoms with E-state index in [1.54, 1.807) is 11.8 Å². The van der Waals surface area contributed by atoms with Gasteiger partial charge in [0.05, 0.1) is 5.60 Å². The van der Waals surface area contributed by atoms with E-state index >= 15 is 0 Å². The third-order valence-corrected chi connectivity index (χ3v) is 6.04. The lowest BCUT2D eigenvalue weighted by molar-refractivity contribution is -0.0948. The van der Waals surface area contributed by atoms with Crippen molar-refractivity contribution in [1.82, 2.24) is 0 Å². The summed E-state index contributed by atoms with van der Waals surface area (Å²) in [5.41, 5.74) is 2.64. The van der Waals surface area contributed by atoms with E-state index in [1.165, 1.54) is 20.9 Å². The summed E-state index contributed by atoms with van der Waals surface area (Å²) in [6.45, 7) is 8.27. The first-order chi connectivity index (χ1) is 11.9. The summed E-state index contributed by atoms with van der Waals surface area (Å²) in [5, 5.41) is 0. The molecule has 0 unspecified atom stereocenters. The van der Waals surface area contributed by atoms with Crippen LogP contribution in [0.1, 0.15) is 44.7 Å². The van der Waals surface area contributed by atoms with Gasteiger partial charge in [0.25, 0.3) is 0 Å². The van der Waals surface area contributed by atoms with Crippen LogP contribution in [0.4, 0.5) is 0 Å². The van der Waals surface area contributed by atoms with Crippen LogP contribution in [0.5, 0.6) is 0 Å². The van der Waals surface area contributed by atoms with Crippen LogP contribution in [0, 0.1) is 0 Å². The van der Waals surface area contributed by atoms with Crippen LogP contribution in [0.15, 0.2) is 58.3 Å². The minimum atomic E-state index is -0.185. The molecule has 2 aromatic rings. The van der Waals surface area contributed by atoms with Crippen LogP contribution >= 0.6 is 11.8 Å². The highest BCUT2D eigenvalue weighted by Crippen LogP contribution is 2.37. The van der Waals surface area contributed by atoms with Crippen LogP contribution < -0.4 is 0 Å². The molecule has 25 heavy (non-hydrogen) atoms. The molecule has 0 radical (unpaired) electrons. The van der Waals surface area contributed by atoms with Gasteiger partial charge in [-0.1, -0.05) is 56.8 Å². The van der Waals surface area contributed by atoms with E-state index in [2.05, 4.69) is 69.3 Å². The molecule has 1 saturated heterocycles. The van der Waals surface area contributed by atoms with Gasteiger partial charge in [-0.05, 0) is 40.8 Å². The quantitative estimate of drug-likeness (QED) is 0.691. The zero-order valence-corrected chi connectivity index (χ0v) is 16.5. The molecule has 0 aliphatic carbocycles. The van der Waals surface area contributed by atoms with Gasteiger partial charge in [0.2, 0.25) is 0 Å². The molecule has 0 bridgehead atoms. The molecule has 0 N–H and O–H groups in total. The van der Waals surface area contributed by atoms with Crippen molar-refractivity contribution in [3.8, 4) is 0 Å². The van der Waals surface area contributed by atoms with Crippen LogP contribution in [0.2, 0.25) is 0 Å². The molecule has 134 valence electrons. The lowest BCUT2D eigenvalue weighted by Crippen LogP contribution is -2.35. The fourth-order valence-corrected chi connectivity index (χ4v) is 4.11. The Balaban J connectivity index is 1.72. The van der Waals surface area contributed by atoms with E-state index < -0.39 is 0 Å². The molecule has 0 aromatic heterocycles. The van der Waals surface area contributed by atoms with Crippen molar-refractivity contribution in [3.63, 3.8) is 0 Å². The zero-order chi connectivity index (χ0) is 17.9. The fourth-order valence-electron chi connectivity index (χ4n) is 3.30. The maximum Gasteiger partial charge on any atom is 0.0971 e. The van der Waals surface area contributed by atoms with E-state index in [0.29, 0.717) is 0 Å². The maximum atomic E-state index is 5.88. The first kappa shape index (κ1) is 18.5. The van der Waals surface area contributed by atoms with Gasteiger partial charge in [0.15, 0.2) is 0 Å². The Bertz CT molecular complexity index is 677. The summed E-state index contributed by atoms with van der Waals surface area (Å²) in [4.78, 5) is 2.53. The third kappa shape index (κ3) is 4.28. The largest absolute Gasteiger partial charge is 0.381 e. The lowest BCUT2D eigenvalue weighted by atomic mass is 9.86.